The summed E-state index contributed by atoms with van der Waals surface area (Å²) in [4.78, 5) is 12.1. The number of para-hydroxylation sites is 1. The van der Waals surface area contributed by atoms with E-state index in [0.717, 1.165) is 6.42 Å². The van der Waals surface area contributed by atoms with Crippen LogP contribution in [-0.4, -0.2) is 38.7 Å². The van der Waals surface area contributed by atoms with E-state index >= 15 is 0 Å². The topological polar surface area (TPSA) is 80.0 Å². The summed E-state index contributed by atoms with van der Waals surface area (Å²) < 4.78 is 1.53. The van der Waals surface area contributed by atoms with E-state index in [4.69, 9.17) is 11.6 Å². The van der Waals surface area contributed by atoms with Crippen molar-refractivity contribution in [3.63, 3.8) is 0 Å². The third kappa shape index (κ3) is 3.64. The number of nitrogens with zero attached hydrogens (tertiary/aromatic N) is 3. The molecule has 2 N–H and O–H groups in total. The zero-order valence-electron chi connectivity index (χ0n) is 12.6. The van der Waals surface area contributed by atoms with Crippen LogP contribution >= 0.6 is 11.6 Å². The molecule has 0 aliphatic heterocycles. The number of carbonyl (C=O) groups excluding carboxylic acids is 1. The molecule has 1 aromatic carbocycles. The van der Waals surface area contributed by atoms with Gasteiger partial charge < -0.3 is 10.4 Å². The number of rotatable bonds is 6. The van der Waals surface area contributed by atoms with E-state index in [1.165, 1.54) is 4.68 Å². The molecule has 1 unspecified atom stereocenters. The summed E-state index contributed by atoms with van der Waals surface area (Å²) >= 11 is 6.13. The summed E-state index contributed by atoms with van der Waals surface area (Å²) in [5, 5.41) is 20.8. The van der Waals surface area contributed by atoms with Gasteiger partial charge in [0.2, 0.25) is 0 Å². The average molecular weight is 323 g/mol. The smallest absolute Gasteiger partial charge is 0.273 e. The quantitative estimate of drug-likeness (QED) is 0.853. The maximum absolute atomic E-state index is 12.1. The standard InChI is InChI=1S/C15H19ClN4O2/c1-3-6-11(21)9-17-15(22)14-10(2)20(19-18-14)13-8-5-4-7-12(13)16/h4-5,7-8,11,21H,3,6,9H2,1-2H3,(H,17,22). The molecule has 2 rings (SSSR count). The molecule has 0 radical (unpaired) electrons. The molecule has 2 aromatic rings. The van der Waals surface area contributed by atoms with E-state index < -0.39 is 6.10 Å². The number of aliphatic hydroxyl groups is 1. The van der Waals surface area contributed by atoms with Gasteiger partial charge in [-0.3, -0.25) is 4.79 Å². The van der Waals surface area contributed by atoms with Gasteiger partial charge in [0.1, 0.15) is 0 Å². The van der Waals surface area contributed by atoms with Crippen LogP contribution in [0, 0.1) is 6.92 Å². The number of hydrogen-bond donors (Lipinski definition) is 2. The van der Waals surface area contributed by atoms with Crippen molar-refractivity contribution in [1.82, 2.24) is 20.3 Å². The van der Waals surface area contributed by atoms with Crippen LogP contribution in [0.4, 0.5) is 0 Å². The lowest BCUT2D eigenvalue weighted by atomic mass is 10.2. The predicted molar refractivity (Wildman–Crippen MR) is 84.4 cm³/mol. The largest absolute Gasteiger partial charge is 0.391 e. The van der Waals surface area contributed by atoms with Crippen LogP contribution in [0.3, 0.4) is 0 Å². The van der Waals surface area contributed by atoms with Crippen LogP contribution in [-0.2, 0) is 0 Å². The number of aromatic nitrogens is 3. The highest BCUT2D eigenvalue weighted by molar-refractivity contribution is 6.32. The third-order valence-electron chi connectivity index (χ3n) is 3.31. The Morgan fingerprint density at radius 1 is 1.45 bits per heavy atom. The van der Waals surface area contributed by atoms with Crippen molar-refractivity contribution in [3.05, 3.63) is 40.7 Å². The normalized spacial score (nSPS) is 12.2. The van der Waals surface area contributed by atoms with Gasteiger partial charge in [0, 0.05) is 6.54 Å². The molecule has 0 bridgehead atoms. The fraction of sp³-hybridized carbons (Fsp3) is 0.400. The monoisotopic (exact) mass is 322 g/mol. The molecule has 0 aliphatic rings. The van der Waals surface area contributed by atoms with Crippen LogP contribution in [0.5, 0.6) is 0 Å². The van der Waals surface area contributed by atoms with Gasteiger partial charge in [0.25, 0.3) is 5.91 Å². The Bertz CT molecular complexity index is 657. The van der Waals surface area contributed by atoms with Crippen molar-refractivity contribution in [2.24, 2.45) is 0 Å². The summed E-state index contributed by atoms with van der Waals surface area (Å²) in [5.74, 6) is -0.356. The van der Waals surface area contributed by atoms with Crippen molar-refractivity contribution in [2.75, 3.05) is 6.54 Å². The van der Waals surface area contributed by atoms with E-state index in [-0.39, 0.29) is 18.1 Å². The van der Waals surface area contributed by atoms with Crippen LogP contribution in [0.25, 0.3) is 5.69 Å². The molecule has 1 aromatic heterocycles. The lowest BCUT2D eigenvalue weighted by Gasteiger charge is -2.10. The van der Waals surface area contributed by atoms with Gasteiger partial charge in [-0.25, -0.2) is 4.68 Å². The third-order valence-corrected chi connectivity index (χ3v) is 3.63. The zero-order valence-corrected chi connectivity index (χ0v) is 13.3. The van der Waals surface area contributed by atoms with Crippen molar-refractivity contribution < 1.29 is 9.90 Å². The Morgan fingerprint density at radius 3 is 2.86 bits per heavy atom. The SMILES string of the molecule is CCCC(O)CNC(=O)c1nnn(-c2ccccc2Cl)c1C. The first-order valence-corrected chi connectivity index (χ1v) is 7.55. The number of benzene rings is 1. The van der Waals surface area contributed by atoms with Crippen molar-refractivity contribution in [2.45, 2.75) is 32.8 Å². The van der Waals surface area contributed by atoms with Crippen LogP contribution < -0.4 is 5.32 Å². The first-order chi connectivity index (χ1) is 10.5. The molecule has 1 atom stereocenters. The lowest BCUT2D eigenvalue weighted by Crippen LogP contribution is -2.32. The second-order valence-electron chi connectivity index (χ2n) is 5.04. The highest BCUT2D eigenvalue weighted by Crippen LogP contribution is 2.21. The molecule has 0 fully saturated rings. The molecule has 22 heavy (non-hydrogen) atoms. The van der Waals surface area contributed by atoms with Crippen LogP contribution in [0.15, 0.2) is 24.3 Å². The molecule has 6 nitrogen and oxygen atoms in total. The second kappa shape index (κ2) is 7.38. The van der Waals surface area contributed by atoms with Gasteiger partial charge in [-0.2, -0.15) is 0 Å². The average Bonchev–Trinajstić information content (AvgIpc) is 2.87. The number of carbonyl (C=O) groups is 1. The minimum absolute atomic E-state index is 0.199. The molecule has 118 valence electrons. The molecule has 1 heterocycles. The molecule has 0 saturated heterocycles. The summed E-state index contributed by atoms with van der Waals surface area (Å²) in [6.45, 7) is 3.93. The fourth-order valence-electron chi connectivity index (χ4n) is 2.12. The fourth-order valence-corrected chi connectivity index (χ4v) is 2.34. The first-order valence-electron chi connectivity index (χ1n) is 7.18. The van der Waals surface area contributed by atoms with Gasteiger partial charge in [-0.1, -0.05) is 42.3 Å². The second-order valence-corrected chi connectivity index (χ2v) is 5.45. The van der Waals surface area contributed by atoms with E-state index in [1.54, 1.807) is 19.1 Å². The zero-order chi connectivity index (χ0) is 16.1. The first kappa shape index (κ1) is 16.5. The lowest BCUT2D eigenvalue weighted by molar-refractivity contribution is 0.0904. The molecule has 1 amide bonds. The minimum atomic E-state index is -0.548. The summed E-state index contributed by atoms with van der Waals surface area (Å²) in [5.41, 5.74) is 1.48. The number of hydrogen-bond acceptors (Lipinski definition) is 4. The molecular formula is C15H19ClN4O2. The molecule has 7 heteroatoms. The molecule has 0 spiro atoms. The summed E-state index contributed by atoms with van der Waals surface area (Å²) in [6, 6.07) is 7.21. The van der Waals surface area contributed by atoms with Gasteiger partial charge in [-0.15, -0.1) is 5.10 Å². The van der Waals surface area contributed by atoms with Crippen molar-refractivity contribution in [1.29, 1.82) is 0 Å². The van der Waals surface area contributed by atoms with Crippen molar-refractivity contribution >= 4 is 17.5 Å². The molecule has 0 aliphatic carbocycles. The Balaban J connectivity index is 2.14. The highest BCUT2D eigenvalue weighted by atomic mass is 35.5. The van der Waals surface area contributed by atoms with E-state index in [0.29, 0.717) is 22.8 Å². The summed E-state index contributed by atoms with van der Waals surface area (Å²) in [6.07, 6.45) is 0.956. The Labute approximate surface area is 134 Å². The summed E-state index contributed by atoms with van der Waals surface area (Å²) in [7, 11) is 0. The van der Waals surface area contributed by atoms with E-state index in [1.807, 2.05) is 19.1 Å². The molecule has 0 saturated carbocycles. The van der Waals surface area contributed by atoms with Gasteiger partial charge in [0.15, 0.2) is 5.69 Å². The van der Waals surface area contributed by atoms with E-state index in [2.05, 4.69) is 15.6 Å². The Kier molecular flexibility index (Phi) is 5.51. The van der Waals surface area contributed by atoms with Gasteiger partial charge in [0.05, 0.1) is 22.5 Å². The van der Waals surface area contributed by atoms with E-state index in [9.17, 15) is 9.90 Å². The van der Waals surface area contributed by atoms with Crippen molar-refractivity contribution in [3.8, 4) is 5.69 Å². The molecular weight excluding hydrogens is 304 g/mol. The number of nitrogens with one attached hydrogen (secondary N) is 1. The maximum atomic E-state index is 12.1. The predicted octanol–water partition coefficient (Wildman–Crippen LogP) is 2.12. The Morgan fingerprint density at radius 2 is 2.18 bits per heavy atom. The van der Waals surface area contributed by atoms with Crippen LogP contribution in [0.1, 0.15) is 35.9 Å². The van der Waals surface area contributed by atoms with Crippen LogP contribution in [0.2, 0.25) is 5.02 Å². The number of aliphatic hydroxyl groups excluding tert-OH is 1. The minimum Gasteiger partial charge on any atom is -0.391 e. The maximum Gasteiger partial charge on any atom is 0.273 e. The van der Waals surface area contributed by atoms with Gasteiger partial charge >= 0.3 is 0 Å². The number of amides is 1. The Hall–Kier alpha value is -1.92. The number of halogens is 1. The highest BCUT2D eigenvalue weighted by Gasteiger charge is 2.18. The van der Waals surface area contributed by atoms with Gasteiger partial charge in [-0.05, 0) is 25.5 Å².